The minimum absolute atomic E-state index is 0.0902. The molecule has 0 aliphatic rings. The second-order valence-corrected chi connectivity index (χ2v) is 5.14. The highest BCUT2D eigenvalue weighted by Gasteiger charge is 2.10. The molecular weight excluding hydrogens is 210 g/mol. The van der Waals surface area contributed by atoms with Crippen LogP contribution >= 0.6 is 10.7 Å². The number of hydrogen-bond donors (Lipinski definition) is 0. The van der Waals surface area contributed by atoms with Crippen molar-refractivity contribution in [3.63, 3.8) is 0 Å². The summed E-state index contributed by atoms with van der Waals surface area (Å²) in [4.78, 5) is 0.0902. The number of methoxy groups -OCH3 is 1. The number of rotatable bonds is 2. The van der Waals surface area contributed by atoms with Gasteiger partial charge in [-0.15, -0.1) is 0 Å². The van der Waals surface area contributed by atoms with Crippen LogP contribution in [0.2, 0.25) is 0 Å². The molecule has 1 aromatic carbocycles. The first-order valence-corrected chi connectivity index (χ1v) is 5.85. The van der Waals surface area contributed by atoms with E-state index in [1.54, 1.807) is 13.9 Å². The molecule has 6 heteroatoms. The van der Waals surface area contributed by atoms with E-state index in [2.05, 4.69) is 0 Å². The zero-order valence-corrected chi connectivity index (χ0v) is 8.82. The van der Waals surface area contributed by atoms with Crippen LogP contribution in [-0.4, -0.2) is 23.4 Å². The summed E-state index contributed by atoms with van der Waals surface area (Å²) >= 11 is 0. The van der Waals surface area contributed by atoms with Crippen molar-refractivity contribution in [2.24, 2.45) is 0 Å². The van der Waals surface area contributed by atoms with Crippen molar-refractivity contribution in [1.82, 2.24) is 0 Å². The molecule has 0 N–H and O–H groups in total. The molecule has 0 heterocycles. The summed E-state index contributed by atoms with van der Waals surface area (Å²) in [6.45, 7) is 0. The van der Waals surface area contributed by atoms with Crippen LogP contribution in [0.15, 0.2) is 23.1 Å². The van der Waals surface area contributed by atoms with Gasteiger partial charge in [0, 0.05) is 10.7 Å². The Morgan fingerprint density at radius 1 is 1.46 bits per heavy atom. The van der Waals surface area contributed by atoms with Crippen molar-refractivity contribution < 1.29 is 13.2 Å². The summed E-state index contributed by atoms with van der Waals surface area (Å²) in [5, 5.41) is 0. The molecule has 0 aliphatic heterocycles. The van der Waals surface area contributed by atoms with E-state index >= 15 is 0 Å². The molecule has 0 fully saturated rings. The van der Waals surface area contributed by atoms with Gasteiger partial charge in [-0.25, -0.2) is 8.42 Å². The van der Waals surface area contributed by atoms with Crippen LogP contribution in [0.25, 0.3) is 0 Å². The van der Waals surface area contributed by atoms with Gasteiger partial charge in [-0.1, -0.05) is 0 Å². The van der Waals surface area contributed by atoms with Crippen LogP contribution in [0.1, 0.15) is 0 Å². The van der Waals surface area contributed by atoms with Crippen molar-refractivity contribution in [3.8, 4) is 5.75 Å². The van der Waals surface area contributed by atoms with E-state index in [9.17, 15) is 8.42 Å². The Morgan fingerprint density at radius 3 is 2.46 bits per heavy atom. The zero-order valence-electron chi connectivity index (χ0n) is 7.24. The van der Waals surface area contributed by atoms with E-state index < -0.39 is 9.05 Å². The Labute approximate surface area is 82.5 Å². The minimum Gasteiger partial charge on any atom is -0.497 e. The third-order valence-corrected chi connectivity index (χ3v) is 3.00. The minimum atomic E-state index is -3.63. The zero-order chi connectivity index (χ0) is 10.1. The first kappa shape index (κ1) is 10.4. The fourth-order valence-electron chi connectivity index (χ4n) is 1.00. The Hall–Kier alpha value is -0.675. The normalized spacial score (nSPS) is 11.2. The van der Waals surface area contributed by atoms with Gasteiger partial charge in [0.2, 0.25) is 0 Å². The predicted molar refractivity (Wildman–Crippen MR) is 54.2 cm³/mol. The molecule has 1 aromatic rings. The molecule has 0 unspecified atom stereocenters. The van der Waals surface area contributed by atoms with Crippen LogP contribution < -0.4 is 10.2 Å². The molecule has 0 saturated carbocycles. The Bertz CT molecular complexity index is 416. The summed E-state index contributed by atoms with van der Waals surface area (Å²) in [5.41, 5.74) is 0.740. The Kier molecular flexibility index (Phi) is 2.88. The van der Waals surface area contributed by atoms with E-state index in [-0.39, 0.29) is 4.90 Å². The monoisotopic (exact) mass is 218 g/mol. The second-order valence-electron chi connectivity index (χ2n) is 2.57. The van der Waals surface area contributed by atoms with Crippen LogP contribution in [0.3, 0.4) is 0 Å². The summed E-state index contributed by atoms with van der Waals surface area (Å²) in [5.74, 6) is 0.643. The van der Waals surface area contributed by atoms with E-state index in [0.29, 0.717) is 5.75 Å². The number of halogens is 1. The Balaban J connectivity index is 3.26. The molecule has 0 amide bonds. The molecule has 1 rings (SSSR count). The fraction of sp³-hybridized carbons (Fsp3) is 0.143. The van der Waals surface area contributed by atoms with Crippen molar-refractivity contribution >= 4 is 33.0 Å². The SMILES string of the molecule is Bc1cc(S(=O)(=O)Cl)ccc1OC. The van der Waals surface area contributed by atoms with Crippen molar-refractivity contribution in [3.05, 3.63) is 18.2 Å². The largest absolute Gasteiger partial charge is 0.497 e. The maximum atomic E-state index is 10.9. The van der Waals surface area contributed by atoms with Gasteiger partial charge in [0.25, 0.3) is 9.05 Å². The van der Waals surface area contributed by atoms with Gasteiger partial charge < -0.3 is 4.74 Å². The van der Waals surface area contributed by atoms with Crippen LogP contribution in [0.5, 0.6) is 5.75 Å². The number of hydrogen-bond acceptors (Lipinski definition) is 3. The molecule has 13 heavy (non-hydrogen) atoms. The highest BCUT2D eigenvalue weighted by atomic mass is 35.7. The Morgan fingerprint density at radius 2 is 2.08 bits per heavy atom. The van der Waals surface area contributed by atoms with Crippen LogP contribution in [-0.2, 0) is 9.05 Å². The standard InChI is InChI=1S/C7H8BClO3S/c1-12-7-3-2-5(4-6(7)8)13(9,10)11/h2-4H,8H2,1H3. The molecule has 0 aromatic heterocycles. The average molecular weight is 218 g/mol. The van der Waals surface area contributed by atoms with Gasteiger partial charge in [0.1, 0.15) is 13.6 Å². The molecule has 0 aliphatic carbocycles. The molecule has 0 radical (unpaired) electrons. The van der Waals surface area contributed by atoms with Gasteiger partial charge in [-0.2, -0.15) is 0 Å². The van der Waals surface area contributed by atoms with Gasteiger partial charge >= 0.3 is 0 Å². The lowest BCUT2D eigenvalue weighted by Gasteiger charge is -2.04. The molecule has 70 valence electrons. The maximum absolute atomic E-state index is 10.9. The van der Waals surface area contributed by atoms with Gasteiger partial charge in [0.05, 0.1) is 12.0 Å². The molecule has 0 bridgehead atoms. The summed E-state index contributed by atoms with van der Waals surface area (Å²) in [7, 11) is 4.80. The summed E-state index contributed by atoms with van der Waals surface area (Å²) in [6.07, 6.45) is 0. The second kappa shape index (κ2) is 3.60. The van der Waals surface area contributed by atoms with Crippen molar-refractivity contribution in [2.45, 2.75) is 4.90 Å². The van der Waals surface area contributed by atoms with E-state index in [1.165, 1.54) is 19.2 Å². The predicted octanol–water partition coefficient (Wildman–Crippen LogP) is -0.119. The number of ether oxygens (including phenoxy) is 1. The first-order chi connectivity index (χ1) is 5.95. The van der Waals surface area contributed by atoms with Crippen molar-refractivity contribution in [2.75, 3.05) is 7.11 Å². The third-order valence-electron chi connectivity index (χ3n) is 1.65. The van der Waals surface area contributed by atoms with Gasteiger partial charge in [-0.05, 0) is 23.7 Å². The van der Waals surface area contributed by atoms with Gasteiger partial charge in [0.15, 0.2) is 0 Å². The fourth-order valence-corrected chi connectivity index (χ4v) is 1.84. The molecular formula is C7H8BClO3S. The number of benzene rings is 1. The molecule has 3 nitrogen and oxygen atoms in total. The first-order valence-electron chi connectivity index (χ1n) is 3.54. The topological polar surface area (TPSA) is 43.4 Å². The quantitative estimate of drug-likeness (QED) is 0.514. The van der Waals surface area contributed by atoms with E-state index in [0.717, 1.165) is 5.46 Å². The third kappa shape index (κ3) is 2.38. The maximum Gasteiger partial charge on any atom is 0.261 e. The van der Waals surface area contributed by atoms with E-state index in [1.807, 2.05) is 0 Å². The van der Waals surface area contributed by atoms with Crippen molar-refractivity contribution in [1.29, 1.82) is 0 Å². The van der Waals surface area contributed by atoms with Crippen LogP contribution in [0.4, 0.5) is 0 Å². The van der Waals surface area contributed by atoms with E-state index in [4.69, 9.17) is 15.4 Å². The average Bonchev–Trinajstić information content (AvgIpc) is 2.02. The molecule has 0 atom stereocenters. The lowest BCUT2D eigenvalue weighted by Crippen LogP contribution is -2.08. The summed E-state index contributed by atoms with van der Waals surface area (Å²) in [6, 6.07) is 4.46. The lowest BCUT2D eigenvalue weighted by atomic mass is 9.95. The summed E-state index contributed by atoms with van der Waals surface area (Å²) < 4.78 is 26.8. The van der Waals surface area contributed by atoms with Gasteiger partial charge in [-0.3, -0.25) is 0 Å². The smallest absolute Gasteiger partial charge is 0.261 e. The lowest BCUT2D eigenvalue weighted by molar-refractivity contribution is 0.418. The molecule has 0 saturated heterocycles. The highest BCUT2D eigenvalue weighted by Crippen LogP contribution is 2.16. The van der Waals surface area contributed by atoms with Crippen LogP contribution in [0, 0.1) is 0 Å². The molecule has 0 spiro atoms. The highest BCUT2D eigenvalue weighted by molar-refractivity contribution is 8.13.